The number of hydrogen-bond donors (Lipinski definition) is 2. The Morgan fingerprint density at radius 2 is 2.20 bits per heavy atom. The molecule has 0 aliphatic heterocycles. The van der Waals surface area contributed by atoms with Crippen molar-refractivity contribution in [1.29, 1.82) is 0 Å². The van der Waals surface area contributed by atoms with Crippen molar-refractivity contribution in [3.63, 3.8) is 0 Å². The third kappa shape index (κ3) is 1.66. The predicted molar refractivity (Wildman–Crippen MR) is 72.0 cm³/mol. The number of aromatic nitrogens is 7. The van der Waals surface area contributed by atoms with Gasteiger partial charge in [-0.05, 0) is 12.1 Å². The van der Waals surface area contributed by atoms with Crippen LogP contribution in [0, 0.1) is 0 Å². The first-order valence-corrected chi connectivity index (χ1v) is 6.08. The monoisotopic (exact) mass is 266 g/mol. The van der Waals surface area contributed by atoms with E-state index in [4.69, 9.17) is 0 Å². The molecule has 0 aromatic carbocycles. The van der Waals surface area contributed by atoms with Crippen molar-refractivity contribution in [2.45, 2.75) is 6.54 Å². The lowest BCUT2D eigenvalue weighted by atomic mass is 10.4. The zero-order chi connectivity index (χ0) is 13.4. The summed E-state index contributed by atoms with van der Waals surface area (Å²) in [7, 11) is 0. The van der Waals surface area contributed by atoms with Crippen molar-refractivity contribution in [3.05, 3.63) is 42.7 Å². The van der Waals surface area contributed by atoms with Crippen LogP contribution in [-0.2, 0) is 6.54 Å². The average molecular weight is 266 g/mol. The van der Waals surface area contributed by atoms with E-state index in [2.05, 4.69) is 35.7 Å². The molecule has 0 bridgehead atoms. The molecule has 4 aromatic rings. The van der Waals surface area contributed by atoms with Crippen LogP contribution in [-0.4, -0.2) is 34.8 Å². The number of aromatic amines is 1. The molecule has 4 rings (SSSR count). The number of nitrogens with zero attached hydrogens (tertiary/aromatic N) is 6. The molecule has 0 aliphatic rings. The minimum atomic E-state index is 0.516. The van der Waals surface area contributed by atoms with Crippen molar-refractivity contribution in [2.75, 3.05) is 5.32 Å². The topological polar surface area (TPSA) is 96.7 Å². The van der Waals surface area contributed by atoms with Crippen molar-refractivity contribution in [2.24, 2.45) is 0 Å². The van der Waals surface area contributed by atoms with E-state index >= 15 is 0 Å². The van der Waals surface area contributed by atoms with Gasteiger partial charge >= 0.3 is 0 Å². The summed E-state index contributed by atoms with van der Waals surface area (Å²) in [6.45, 7) is 0.516. The second-order valence-electron chi connectivity index (χ2n) is 4.25. The number of nitrogens with one attached hydrogen (secondary N) is 2. The first-order valence-electron chi connectivity index (χ1n) is 6.08. The van der Waals surface area contributed by atoms with Crippen molar-refractivity contribution in [3.8, 4) is 0 Å². The lowest BCUT2D eigenvalue weighted by molar-refractivity contribution is 0.912. The number of hydrogen-bond acceptors (Lipinski definition) is 6. The molecule has 8 nitrogen and oxygen atoms in total. The van der Waals surface area contributed by atoms with Crippen LogP contribution < -0.4 is 5.32 Å². The highest BCUT2D eigenvalue weighted by molar-refractivity contribution is 5.85. The Morgan fingerprint density at radius 1 is 1.20 bits per heavy atom. The van der Waals surface area contributed by atoms with Crippen molar-refractivity contribution in [1.82, 2.24) is 34.8 Å². The molecule has 0 fully saturated rings. The highest BCUT2D eigenvalue weighted by Crippen LogP contribution is 2.16. The summed E-state index contributed by atoms with van der Waals surface area (Å²) in [6.07, 6.45) is 5.12. The second kappa shape index (κ2) is 4.26. The normalized spacial score (nSPS) is 11.2. The summed E-state index contributed by atoms with van der Waals surface area (Å²) in [5.74, 6) is 1.53. The summed E-state index contributed by atoms with van der Waals surface area (Å²) in [6, 6.07) is 5.79. The Labute approximate surface area is 112 Å². The SMILES string of the molecule is c1ccn2c(CNc3ncnc4[nH]ncc34)nnc2c1. The number of anilines is 1. The highest BCUT2D eigenvalue weighted by atomic mass is 15.3. The number of rotatable bonds is 3. The van der Waals surface area contributed by atoms with Gasteiger partial charge < -0.3 is 5.32 Å². The molecule has 0 aliphatic carbocycles. The average Bonchev–Trinajstić information content (AvgIpc) is 3.12. The fourth-order valence-corrected chi connectivity index (χ4v) is 2.08. The highest BCUT2D eigenvalue weighted by Gasteiger charge is 2.08. The van der Waals surface area contributed by atoms with Crippen LogP contribution in [0.3, 0.4) is 0 Å². The van der Waals surface area contributed by atoms with Gasteiger partial charge in [0.2, 0.25) is 0 Å². The van der Waals surface area contributed by atoms with Crippen LogP contribution in [0.5, 0.6) is 0 Å². The first-order chi connectivity index (χ1) is 9.92. The summed E-state index contributed by atoms with van der Waals surface area (Å²) in [5.41, 5.74) is 1.52. The van der Waals surface area contributed by atoms with Crippen LogP contribution in [0.4, 0.5) is 5.82 Å². The van der Waals surface area contributed by atoms with Gasteiger partial charge in [0.25, 0.3) is 0 Å². The third-order valence-corrected chi connectivity index (χ3v) is 3.05. The molecule has 0 atom stereocenters. The summed E-state index contributed by atoms with van der Waals surface area (Å²) in [5, 5.41) is 19.1. The first kappa shape index (κ1) is 10.9. The molecule has 0 spiro atoms. The molecule has 0 saturated carbocycles. The fraction of sp³-hybridized carbons (Fsp3) is 0.0833. The van der Waals surface area contributed by atoms with Gasteiger partial charge in [0.15, 0.2) is 17.1 Å². The second-order valence-corrected chi connectivity index (χ2v) is 4.25. The van der Waals surface area contributed by atoms with E-state index in [9.17, 15) is 0 Å². The van der Waals surface area contributed by atoms with Crippen LogP contribution in [0.1, 0.15) is 5.82 Å². The minimum Gasteiger partial charge on any atom is -0.362 e. The Morgan fingerprint density at radius 3 is 3.20 bits per heavy atom. The molecule has 0 amide bonds. The van der Waals surface area contributed by atoms with Gasteiger partial charge in [-0.25, -0.2) is 9.97 Å². The lowest BCUT2D eigenvalue weighted by Crippen LogP contribution is -2.05. The van der Waals surface area contributed by atoms with Crippen LogP contribution in [0.25, 0.3) is 16.7 Å². The summed E-state index contributed by atoms with van der Waals surface area (Å²) in [4.78, 5) is 8.31. The standard InChI is InChI=1S/C12H10N8/c1-2-4-20-9(3-1)17-18-10(20)6-13-11-8-5-16-19-12(8)15-7-14-11/h1-5,7H,6H2,(H2,13,14,15,16,19). The quantitative estimate of drug-likeness (QED) is 0.574. The predicted octanol–water partition coefficient (Wildman–Crippen LogP) is 1.01. The van der Waals surface area contributed by atoms with E-state index < -0.39 is 0 Å². The molecule has 0 unspecified atom stereocenters. The van der Waals surface area contributed by atoms with E-state index in [0.29, 0.717) is 12.2 Å². The van der Waals surface area contributed by atoms with E-state index in [-0.39, 0.29) is 0 Å². The minimum absolute atomic E-state index is 0.516. The molecule has 2 N–H and O–H groups in total. The largest absolute Gasteiger partial charge is 0.362 e. The molecular formula is C12H10N8. The molecule has 4 aromatic heterocycles. The van der Waals surface area contributed by atoms with Crippen LogP contribution in [0.15, 0.2) is 36.9 Å². The van der Waals surface area contributed by atoms with Crippen molar-refractivity contribution >= 4 is 22.5 Å². The van der Waals surface area contributed by atoms with Crippen LogP contribution >= 0.6 is 0 Å². The molecule has 98 valence electrons. The number of fused-ring (bicyclic) bond motifs is 2. The maximum Gasteiger partial charge on any atom is 0.160 e. The van der Waals surface area contributed by atoms with Gasteiger partial charge in [0.05, 0.1) is 18.1 Å². The number of pyridine rings is 1. The van der Waals surface area contributed by atoms with E-state index in [1.807, 2.05) is 28.8 Å². The molecule has 0 saturated heterocycles. The van der Waals surface area contributed by atoms with Gasteiger partial charge in [-0.2, -0.15) is 5.10 Å². The van der Waals surface area contributed by atoms with E-state index in [1.165, 1.54) is 6.33 Å². The zero-order valence-corrected chi connectivity index (χ0v) is 10.4. The van der Waals surface area contributed by atoms with Crippen molar-refractivity contribution < 1.29 is 0 Å². The lowest BCUT2D eigenvalue weighted by Gasteiger charge is -2.04. The maximum atomic E-state index is 4.22. The van der Waals surface area contributed by atoms with Gasteiger partial charge in [0.1, 0.15) is 12.1 Å². The van der Waals surface area contributed by atoms with Gasteiger partial charge in [0, 0.05) is 6.20 Å². The Bertz CT molecular complexity index is 877. The fourth-order valence-electron chi connectivity index (χ4n) is 2.08. The smallest absolute Gasteiger partial charge is 0.160 e. The zero-order valence-electron chi connectivity index (χ0n) is 10.4. The molecule has 8 heteroatoms. The Kier molecular flexibility index (Phi) is 2.31. The summed E-state index contributed by atoms with van der Waals surface area (Å²) < 4.78 is 1.93. The van der Waals surface area contributed by atoms with Crippen LogP contribution in [0.2, 0.25) is 0 Å². The van der Waals surface area contributed by atoms with Gasteiger partial charge in [-0.15, -0.1) is 10.2 Å². The van der Waals surface area contributed by atoms with E-state index in [1.54, 1.807) is 6.20 Å². The Balaban J connectivity index is 1.66. The summed E-state index contributed by atoms with van der Waals surface area (Å²) >= 11 is 0. The third-order valence-electron chi connectivity index (χ3n) is 3.05. The molecular weight excluding hydrogens is 256 g/mol. The van der Waals surface area contributed by atoms with E-state index in [0.717, 1.165) is 22.7 Å². The molecule has 20 heavy (non-hydrogen) atoms. The van der Waals surface area contributed by atoms with Gasteiger partial charge in [-0.3, -0.25) is 9.50 Å². The number of H-pyrrole nitrogens is 1. The Hall–Kier alpha value is -3.03. The van der Waals surface area contributed by atoms with Gasteiger partial charge in [-0.1, -0.05) is 6.07 Å². The molecule has 0 radical (unpaired) electrons. The maximum absolute atomic E-state index is 4.22. The molecule has 4 heterocycles.